The van der Waals surface area contributed by atoms with Crippen LogP contribution in [0.3, 0.4) is 0 Å². The fourth-order valence-electron chi connectivity index (χ4n) is 6.62. The van der Waals surface area contributed by atoms with Gasteiger partial charge in [0.2, 0.25) is 0 Å². The van der Waals surface area contributed by atoms with Gasteiger partial charge in [-0.05, 0) is 140 Å². The monoisotopic (exact) mass is 534 g/mol. The van der Waals surface area contributed by atoms with Crippen LogP contribution >= 0.6 is 0 Å². The first-order valence-corrected chi connectivity index (χ1v) is 14.0. The second-order valence-corrected chi connectivity index (χ2v) is 11.3. The molecule has 0 amide bonds. The average Bonchev–Trinajstić information content (AvgIpc) is 3.59. The maximum Gasteiger partial charge on any atom is 1.00 e. The molecule has 5 heteroatoms. The Morgan fingerprint density at radius 3 is 2.41 bits per heavy atom. The first-order valence-electron chi connectivity index (χ1n) is 14.0. The van der Waals surface area contributed by atoms with Crippen LogP contribution in [0, 0.1) is 26.2 Å². The molecular weight excluding hydrogens is 495 g/mol. The number of carbonyl (C=O) groups is 1. The number of aliphatic carboxylic acids is 1. The van der Waals surface area contributed by atoms with Crippen molar-refractivity contribution in [1.29, 1.82) is 0 Å². The van der Waals surface area contributed by atoms with E-state index in [1.54, 1.807) is 0 Å². The quantitative estimate of drug-likeness (QED) is 0.280. The van der Waals surface area contributed by atoms with Crippen molar-refractivity contribution in [2.24, 2.45) is 5.41 Å². The van der Waals surface area contributed by atoms with Crippen molar-refractivity contribution in [3.05, 3.63) is 87.5 Å². The van der Waals surface area contributed by atoms with E-state index in [1.165, 1.54) is 50.1 Å². The van der Waals surface area contributed by atoms with Gasteiger partial charge in [0.15, 0.2) is 0 Å². The Morgan fingerprint density at radius 1 is 1.00 bits per heavy atom. The van der Waals surface area contributed by atoms with E-state index in [1.807, 2.05) is 6.92 Å². The molecule has 0 aromatic heterocycles. The predicted octanol–water partition coefficient (Wildman–Crippen LogP) is 3.04. The molecule has 1 saturated carbocycles. The molecule has 2 aliphatic rings. The van der Waals surface area contributed by atoms with Crippen molar-refractivity contribution in [3.8, 4) is 16.9 Å². The number of hydrogen-bond donors (Lipinski definition) is 0. The van der Waals surface area contributed by atoms with Gasteiger partial charge in [0.1, 0.15) is 12.4 Å². The second-order valence-electron chi connectivity index (χ2n) is 11.3. The van der Waals surface area contributed by atoms with Crippen LogP contribution in [0.15, 0.2) is 48.5 Å². The third kappa shape index (κ3) is 6.46. The van der Waals surface area contributed by atoms with Gasteiger partial charge in [-0.1, -0.05) is 36.4 Å². The molecule has 1 spiro atoms. The summed E-state index contributed by atoms with van der Waals surface area (Å²) in [5, 5.41) is 11.4. The molecule has 1 atom stereocenters. The third-order valence-corrected chi connectivity index (χ3v) is 8.73. The Kier molecular flexibility index (Phi) is 9.65. The molecule has 1 fully saturated rings. The summed E-state index contributed by atoms with van der Waals surface area (Å²) >= 11 is 0. The fourth-order valence-corrected chi connectivity index (χ4v) is 6.62. The SMILES string of the molecule is CCOCCOc1cc(C)c(-c2cccc(CCc3ccc4c(c3)CC3(CC3)C4CC(=O)[O-])c2C)c(C)c1.[Na+]. The number of carbonyl (C=O) groups excluding carboxylic acids is 1. The molecule has 0 N–H and O–H groups in total. The number of rotatable bonds is 11. The molecule has 0 radical (unpaired) electrons. The number of carboxylic acid groups (broad SMARTS) is 1. The first kappa shape index (κ1) is 29.9. The van der Waals surface area contributed by atoms with Crippen molar-refractivity contribution in [1.82, 2.24) is 0 Å². The van der Waals surface area contributed by atoms with Crippen LogP contribution < -0.4 is 39.4 Å². The Morgan fingerprint density at radius 2 is 1.74 bits per heavy atom. The summed E-state index contributed by atoms with van der Waals surface area (Å²) in [4.78, 5) is 11.4. The molecule has 0 bridgehead atoms. The zero-order valence-corrected chi connectivity index (χ0v) is 26.2. The van der Waals surface area contributed by atoms with Crippen LogP contribution in [0.25, 0.3) is 11.1 Å². The van der Waals surface area contributed by atoms with E-state index in [4.69, 9.17) is 9.47 Å². The maximum atomic E-state index is 11.4. The number of benzene rings is 3. The van der Waals surface area contributed by atoms with Crippen LogP contribution in [0.4, 0.5) is 0 Å². The summed E-state index contributed by atoms with van der Waals surface area (Å²) in [5.41, 5.74) is 11.8. The van der Waals surface area contributed by atoms with Gasteiger partial charge in [0.05, 0.1) is 6.61 Å². The van der Waals surface area contributed by atoms with Crippen LogP contribution in [0.2, 0.25) is 0 Å². The van der Waals surface area contributed by atoms with E-state index < -0.39 is 5.97 Å². The molecular formula is C34H39NaO4. The van der Waals surface area contributed by atoms with Crippen LogP contribution in [0.5, 0.6) is 5.75 Å². The topological polar surface area (TPSA) is 58.6 Å². The van der Waals surface area contributed by atoms with Crippen molar-refractivity contribution in [2.75, 3.05) is 19.8 Å². The molecule has 3 aromatic carbocycles. The van der Waals surface area contributed by atoms with Crippen LogP contribution in [-0.4, -0.2) is 25.8 Å². The normalized spacial score (nSPS) is 16.6. The van der Waals surface area contributed by atoms with Crippen molar-refractivity contribution in [2.45, 2.75) is 72.1 Å². The van der Waals surface area contributed by atoms with Gasteiger partial charge in [-0.2, -0.15) is 0 Å². The minimum absolute atomic E-state index is 0. The standard InChI is InChI=1S/C34H40O4.Na/c1-5-37-15-16-38-28-17-22(2)33(23(3)18-28)29-8-6-7-26(24(29)4)11-9-25-10-12-30-27(19-25)21-34(13-14-34)31(30)20-32(35)36;/h6-8,10,12,17-19,31H,5,9,11,13-16,20-21H2,1-4H3,(H,35,36);/q;+1/p-1. The number of fused-ring (bicyclic) bond motifs is 1. The zero-order valence-electron chi connectivity index (χ0n) is 24.2. The van der Waals surface area contributed by atoms with Crippen molar-refractivity contribution in [3.63, 3.8) is 0 Å². The molecule has 5 rings (SSSR count). The van der Waals surface area contributed by atoms with E-state index >= 15 is 0 Å². The van der Waals surface area contributed by atoms with Gasteiger partial charge < -0.3 is 19.4 Å². The molecule has 3 aromatic rings. The van der Waals surface area contributed by atoms with E-state index in [9.17, 15) is 9.90 Å². The van der Waals surface area contributed by atoms with Gasteiger partial charge in [0, 0.05) is 12.6 Å². The summed E-state index contributed by atoms with van der Waals surface area (Å²) in [6, 6.07) is 17.6. The molecule has 1 unspecified atom stereocenters. The second kappa shape index (κ2) is 12.6. The van der Waals surface area contributed by atoms with E-state index in [2.05, 4.69) is 69.3 Å². The Balaban J connectivity index is 0.00000353. The van der Waals surface area contributed by atoms with E-state index in [0.29, 0.717) is 19.8 Å². The molecule has 4 nitrogen and oxygen atoms in total. The van der Waals surface area contributed by atoms with Gasteiger partial charge in [0.25, 0.3) is 0 Å². The number of aryl methyl sites for hydroxylation is 4. The molecule has 0 saturated heterocycles. The summed E-state index contributed by atoms with van der Waals surface area (Å²) in [6.45, 7) is 10.4. The van der Waals surface area contributed by atoms with E-state index in [0.717, 1.165) is 37.9 Å². The molecule has 0 heterocycles. The Hall–Kier alpha value is -2.11. The largest absolute Gasteiger partial charge is 1.00 e. The van der Waals surface area contributed by atoms with Gasteiger partial charge in [-0.3, -0.25) is 0 Å². The zero-order chi connectivity index (χ0) is 26.9. The Bertz CT molecular complexity index is 1320. The molecule has 200 valence electrons. The van der Waals surface area contributed by atoms with E-state index in [-0.39, 0.29) is 47.3 Å². The predicted molar refractivity (Wildman–Crippen MR) is 150 cm³/mol. The summed E-state index contributed by atoms with van der Waals surface area (Å²) < 4.78 is 11.3. The van der Waals surface area contributed by atoms with Crippen LogP contribution in [0.1, 0.15) is 71.0 Å². The van der Waals surface area contributed by atoms with Gasteiger partial charge >= 0.3 is 29.6 Å². The summed E-state index contributed by atoms with van der Waals surface area (Å²) in [6.07, 6.45) is 5.40. The summed E-state index contributed by atoms with van der Waals surface area (Å²) in [5.74, 6) is 0.0925. The molecule has 0 aliphatic heterocycles. The van der Waals surface area contributed by atoms with Crippen LogP contribution in [-0.2, 0) is 28.8 Å². The first-order chi connectivity index (χ1) is 18.3. The number of ether oxygens (including phenoxy) is 2. The van der Waals surface area contributed by atoms with Gasteiger partial charge in [-0.25, -0.2) is 0 Å². The number of carboxylic acids is 1. The maximum absolute atomic E-state index is 11.4. The van der Waals surface area contributed by atoms with Gasteiger partial charge in [-0.15, -0.1) is 0 Å². The smallest absolute Gasteiger partial charge is 0.550 e. The summed E-state index contributed by atoms with van der Waals surface area (Å²) in [7, 11) is 0. The van der Waals surface area contributed by atoms with Crippen molar-refractivity contribution >= 4 is 5.97 Å². The molecule has 39 heavy (non-hydrogen) atoms. The van der Waals surface area contributed by atoms with Crippen molar-refractivity contribution < 1.29 is 48.9 Å². The fraction of sp³-hybridized carbons (Fsp3) is 0.441. The third-order valence-electron chi connectivity index (χ3n) is 8.73. The average molecular weight is 535 g/mol. The number of hydrogen-bond acceptors (Lipinski definition) is 4. The minimum atomic E-state index is -0.928. The molecule has 2 aliphatic carbocycles. The Labute approximate surface area is 255 Å². The minimum Gasteiger partial charge on any atom is -0.550 e.